The summed E-state index contributed by atoms with van der Waals surface area (Å²) in [5, 5.41) is 5.30. The van der Waals surface area contributed by atoms with Crippen LogP contribution in [0.3, 0.4) is 0 Å². The van der Waals surface area contributed by atoms with Crippen LogP contribution in [0.2, 0.25) is 0 Å². The Labute approximate surface area is 186 Å². The zero-order valence-corrected chi connectivity index (χ0v) is 18.9. The number of nitrogens with one attached hydrogen (secondary N) is 2. The minimum atomic E-state index is -1.12. The summed E-state index contributed by atoms with van der Waals surface area (Å²) in [6, 6.07) is 1.83. The average Bonchev–Trinajstić information content (AvgIpc) is 3.53. The van der Waals surface area contributed by atoms with Crippen LogP contribution in [-0.2, 0) is 21.2 Å². The number of aromatic nitrogens is 4. The fraction of sp³-hybridized carbons (Fsp3) is 0.350. The van der Waals surface area contributed by atoms with Crippen molar-refractivity contribution in [3.63, 3.8) is 0 Å². The van der Waals surface area contributed by atoms with Crippen molar-refractivity contribution in [2.24, 2.45) is 0 Å². The zero-order chi connectivity index (χ0) is 22.0. The van der Waals surface area contributed by atoms with Gasteiger partial charge in [-0.15, -0.1) is 11.3 Å². The van der Waals surface area contributed by atoms with Gasteiger partial charge in [0.25, 0.3) is 0 Å². The maximum absolute atomic E-state index is 12.9. The topological polar surface area (TPSA) is 119 Å². The summed E-state index contributed by atoms with van der Waals surface area (Å²) < 4.78 is 20.1. The Morgan fingerprint density at radius 2 is 1.94 bits per heavy atom. The van der Waals surface area contributed by atoms with E-state index in [0.29, 0.717) is 16.6 Å². The molecule has 3 heterocycles. The van der Waals surface area contributed by atoms with Crippen molar-refractivity contribution >= 4 is 39.3 Å². The minimum absolute atomic E-state index is 0.195. The molecule has 1 fully saturated rings. The van der Waals surface area contributed by atoms with E-state index in [-0.39, 0.29) is 17.1 Å². The van der Waals surface area contributed by atoms with E-state index in [2.05, 4.69) is 30.0 Å². The molecule has 0 bridgehead atoms. The number of hydrogen-bond acceptors (Lipinski definition) is 8. The van der Waals surface area contributed by atoms with Crippen molar-refractivity contribution in [2.45, 2.75) is 37.4 Å². The first-order valence-electron chi connectivity index (χ1n) is 9.63. The maximum atomic E-state index is 12.9. The highest BCUT2D eigenvalue weighted by molar-refractivity contribution is 7.87. The van der Waals surface area contributed by atoms with Crippen molar-refractivity contribution in [3.8, 4) is 16.9 Å². The summed E-state index contributed by atoms with van der Waals surface area (Å²) in [4.78, 5) is 30.0. The van der Waals surface area contributed by atoms with E-state index >= 15 is 0 Å². The summed E-state index contributed by atoms with van der Waals surface area (Å²) in [6.07, 6.45) is 8.47. The van der Waals surface area contributed by atoms with Crippen molar-refractivity contribution in [3.05, 3.63) is 41.9 Å². The second-order valence-electron chi connectivity index (χ2n) is 7.62. The first-order chi connectivity index (χ1) is 14.9. The Balaban J connectivity index is 1.43. The lowest BCUT2D eigenvalue weighted by molar-refractivity contribution is -0.120. The lowest BCUT2D eigenvalue weighted by Gasteiger charge is -2.20. The molecule has 1 amide bonds. The van der Waals surface area contributed by atoms with Gasteiger partial charge < -0.3 is 4.74 Å². The van der Waals surface area contributed by atoms with Crippen LogP contribution in [0.25, 0.3) is 11.1 Å². The number of ether oxygens (including phenoxy) is 1. The Morgan fingerprint density at radius 1 is 1.19 bits per heavy atom. The van der Waals surface area contributed by atoms with E-state index in [1.165, 1.54) is 11.3 Å². The number of anilines is 2. The summed E-state index contributed by atoms with van der Waals surface area (Å²) in [6.45, 7) is 3.55. The number of rotatable bonds is 8. The number of amides is 1. The summed E-state index contributed by atoms with van der Waals surface area (Å²) in [5.41, 5.74) is 1.23. The Morgan fingerprint density at radius 3 is 2.61 bits per heavy atom. The first-order valence-corrected chi connectivity index (χ1v) is 11.7. The van der Waals surface area contributed by atoms with Gasteiger partial charge >= 0.3 is 0 Å². The smallest absolute Gasteiger partial charge is 0.238 e. The molecule has 31 heavy (non-hydrogen) atoms. The molecule has 1 aliphatic carbocycles. The third-order valence-electron chi connectivity index (χ3n) is 4.89. The van der Waals surface area contributed by atoms with Crippen LogP contribution in [0.1, 0.15) is 32.4 Å². The van der Waals surface area contributed by atoms with Gasteiger partial charge in [-0.2, -0.15) is 0 Å². The minimum Gasteiger partial charge on any atom is -0.495 e. The number of methoxy groups -OCH3 is 1. The normalized spacial score (nSPS) is 14.7. The lowest BCUT2D eigenvalue weighted by atomic mass is 9.89. The Hall–Kier alpha value is -2.92. The molecule has 4 rings (SSSR count). The third-order valence-corrected chi connectivity index (χ3v) is 7.24. The van der Waals surface area contributed by atoms with E-state index in [0.717, 1.165) is 24.0 Å². The molecule has 0 radical (unpaired) electrons. The highest BCUT2D eigenvalue weighted by atomic mass is 32.2. The zero-order valence-electron chi connectivity index (χ0n) is 17.3. The highest BCUT2D eigenvalue weighted by Crippen LogP contribution is 2.31. The summed E-state index contributed by atoms with van der Waals surface area (Å²) >= 11 is 1.33. The average molecular weight is 459 g/mol. The van der Waals surface area contributed by atoms with Gasteiger partial charge in [0.2, 0.25) is 11.9 Å². The molecule has 9 nitrogen and oxygen atoms in total. The molecule has 3 aromatic rings. The van der Waals surface area contributed by atoms with Gasteiger partial charge in [-0.25, -0.2) is 19.2 Å². The Bertz CT molecular complexity index is 1110. The van der Waals surface area contributed by atoms with E-state index in [1.807, 2.05) is 6.07 Å². The molecule has 1 aliphatic rings. The number of carbonyl (C=O) groups excluding carboxylic acids is 1. The van der Waals surface area contributed by atoms with E-state index in [1.54, 1.807) is 51.1 Å². The van der Waals surface area contributed by atoms with Crippen molar-refractivity contribution in [2.75, 3.05) is 17.1 Å². The van der Waals surface area contributed by atoms with Gasteiger partial charge in [0.1, 0.15) is 16.7 Å². The second-order valence-corrected chi connectivity index (χ2v) is 9.95. The number of thiazole rings is 1. The molecule has 0 spiro atoms. The van der Waals surface area contributed by atoms with Gasteiger partial charge in [-0.05, 0) is 32.8 Å². The predicted octanol–water partition coefficient (Wildman–Crippen LogP) is 3.16. The summed E-state index contributed by atoms with van der Waals surface area (Å²) in [5.74, 6) is 0.541. The standard InChI is InChI=1S/C20H22N6O3S2/c1-20(2,16-11-30-19(24-16)26-31(28)15-4-5-15)17(27)25-18-22-8-13(9-23-18)12-6-14(29-3)10-21-7-12/h6-11,15H,4-5H2,1-3H3,(H,24,26)(H,22,23,25,27). The number of carbonyl (C=O) groups is 1. The van der Waals surface area contributed by atoms with Gasteiger partial charge in [0, 0.05) is 35.1 Å². The maximum Gasteiger partial charge on any atom is 0.238 e. The number of nitrogens with zero attached hydrogens (tertiary/aromatic N) is 4. The monoisotopic (exact) mass is 458 g/mol. The molecular weight excluding hydrogens is 436 g/mol. The molecule has 1 unspecified atom stereocenters. The third kappa shape index (κ3) is 4.88. The second kappa shape index (κ2) is 8.67. The molecule has 2 N–H and O–H groups in total. The molecule has 0 aliphatic heterocycles. The van der Waals surface area contributed by atoms with Crippen LogP contribution in [0, 0.1) is 0 Å². The van der Waals surface area contributed by atoms with Crippen LogP contribution in [0.4, 0.5) is 11.1 Å². The highest BCUT2D eigenvalue weighted by Gasteiger charge is 2.34. The molecule has 1 saturated carbocycles. The molecular formula is C20H22N6O3S2. The van der Waals surface area contributed by atoms with Gasteiger partial charge in [-0.3, -0.25) is 19.8 Å². The quantitative estimate of drug-likeness (QED) is 0.532. The van der Waals surface area contributed by atoms with E-state index in [9.17, 15) is 9.00 Å². The van der Waals surface area contributed by atoms with Crippen LogP contribution in [0.5, 0.6) is 5.75 Å². The molecule has 1 atom stereocenters. The van der Waals surface area contributed by atoms with Crippen LogP contribution in [0.15, 0.2) is 36.2 Å². The molecule has 3 aromatic heterocycles. The fourth-order valence-electron chi connectivity index (χ4n) is 2.66. The summed E-state index contributed by atoms with van der Waals surface area (Å²) in [7, 11) is 0.452. The molecule has 11 heteroatoms. The number of pyridine rings is 1. The van der Waals surface area contributed by atoms with Gasteiger partial charge in [0.15, 0.2) is 5.13 Å². The van der Waals surface area contributed by atoms with Crippen LogP contribution < -0.4 is 14.8 Å². The van der Waals surface area contributed by atoms with E-state index in [4.69, 9.17) is 4.74 Å². The van der Waals surface area contributed by atoms with E-state index < -0.39 is 16.4 Å². The van der Waals surface area contributed by atoms with Crippen LogP contribution >= 0.6 is 11.3 Å². The van der Waals surface area contributed by atoms with Crippen molar-refractivity contribution in [1.29, 1.82) is 0 Å². The predicted molar refractivity (Wildman–Crippen MR) is 120 cm³/mol. The molecule has 0 saturated heterocycles. The van der Waals surface area contributed by atoms with Gasteiger partial charge in [-0.1, -0.05) is 0 Å². The fourth-order valence-corrected chi connectivity index (χ4v) is 4.77. The molecule has 0 aromatic carbocycles. The Kier molecular flexibility index (Phi) is 5.96. The SMILES string of the molecule is COc1cncc(-c2cnc(NC(=O)C(C)(C)c3csc(NS(=O)C4CC4)n3)nc2)c1. The lowest BCUT2D eigenvalue weighted by Crippen LogP contribution is -2.35. The van der Waals surface area contributed by atoms with Crippen molar-refractivity contribution in [1.82, 2.24) is 19.9 Å². The van der Waals surface area contributed by atoms with Crippen molar-refractivity contribution < 1.29 is 13.7 Å². The van der Waals surface area contributed by atoms with Gasteiger partial charge in [0.05, 0.1) is 29.7 Å². The largest absolute Gasteiger partial charge is 0.495 e. The molecule has 162 valence electrons. The van der Waals surface area contributed by atoms with Crippen LogP contribution in [-0.4, -0.2) is 42.4 Å². The number of hydrogen-bond donors (Lipinski definition) is 2. The first kappa shape index (κ1) is 21.3.